The molecule has 38 heavy (non-hydrogen) atoms. The number of aromatic nitrogens is 4. The molecule has 2 aromatic heterocycles. The number of halogens is 1. The minimum atomic E-state index is -4.12. The summed E-state index contributed by atoms with van der Waals surface area (Å²) >= 11 is 0. The number of carbonyl (C=O) groups is 1. The molecule has 0 saturated carbocycles. The van der Waals surface area contributed by atoms with E-state index in [1.165, 1.54) is 26.2 Å². The Hall–Kier alpha value is -3.32. The summed E-state index contributed by atoms with van der Waals surface area (Å²) in [5, 5.41) is 2.59. The Kier molecular flexibility index (Phi) is 8.46. The molecule has 3 N–H and O–H groups in total. The molecule has 1 aliphatic heterocycles. The maximum Gasteiger partial charge on any atom is 0.459 e. The number of ether oxygens (including phenoxy) is 3. The fraction of sp³-hybridized carbons (Fsp3) is 0.478. The van der Waals surface area contributed by atoms with E-state index in [0.29, 0.717) is 17.6 Å². The number of nitrogens with zero attached hydrogens (tertiary/aromatic N) is 4. The smallest absolute Gasteiger partial charge is 0.459 e. The lowest BCUT2D eigenvalue weighted by molar-refractivity contribution is -0.144. The highest BCUT2D eigenvalue weighted by Crippen LogP contribution is 2.46. The van der Waals surface area contributed by atoms with E-state index >= 15 is 0 Å². The van der Waals surface area contributed by atoms with Crippen LogP contribution in [-0.2, 0) is 23.4 Å². The fourth-order valence-corrected chi connectivity index (χ4v) is 5.58. The lowest BCUT2D eigenvalue weighted by Crippen LogP contribution is -2.35. The van der Waals surface area contributed by atoms with E-state index < -0.39 is 37.9 Å². The zero-order chi connectivity index (χ0) is 27.4. The van der Waals surface area contributed by atoms with Gasteiger partial charge in [0.1, 0.15) is 23.8 Å². The standard InChI is InChI=1S/C23H30FN6O7P/c1-5-34-22(31)14(3)29-38(32,37-16-8-6-15(24)7-9-16)35-11-17-10-13(2)21(36-17)30-12-26-18-19(30)27-23(25)28-20(18)33-4/h6-9,12-14,17,21H,5,10-11H2,1-4H3,(H,29,32)(H2,25,27,28)/t13-,14-,17-,21+,38?/m0/s1. The van der Waals surface area contributed by atoms with Crippen molar-refractivity contribution >= 4 is 30.8 Å². The van der Waals surface area contributed by atoms with Crippen LogP contribution >= 0.6 is 7.75 Å². The summed E-state index contributed by atoms with van der Waals surface area (Å²) in [5.41, 5.74) is 6.71. The van der Waals surface area contributed by atoms with Gasteiger partial charge in [0, 0.05) is 5.92 Å². The summed E-state index contributed by atoms with van der Waals surface area (Å²) in [6.45, 7) is 5.13. The van der Waals surface area contributed by atoms with Gasteiger partial charge >= 0.3 is 13.7 Å². The monoisotopic (exact) mass is 552 g/mol. The van der Waals surface area contributed by atoms with E-state index in [4.69, 9.17) is 29.0 Å². The molecule has 1 aromatic carbocycles. The van der Waals surface area contributed by atoms with Crippen LogP contribution in [0.5, 0.6) is 11.6 Å². The molecule has 1 unspecified atom stereocenters. The first-order chi connectivity index (χ1) is 18.1. The largest absolute Gasteiger partial charge is 0.479 e. The van der Waals surface area contributed by atoms with Gasteiger partial charge in [-0.3, -0.25) is 13.9 Å². The maximum atomic E-state index is 13.6. The molecule has 4 rings (SSSR count). The molecule has 3 aromatic rings. The third-order valence-corrected chi connectivity index (χ3v) is 7.43. The Bertz CT molecular complexity index is 1320. The van der Waals surface area contributed by atoms with Gasteiger partial charge in [-0.05, 0) is 44.5 Å². The average Bonchev–Trinajstić information content (AvgIpc) is 3.46. The normalized spacial score (nSPS) is 21.7. The van der Waals surface area contributed by atoms with Gasteiger partial charge in [0.2, 0.25) is 11.8 Å². The van der Waals surface area contributed by atoms with Crippen LogP contribution in [0.1, 0.15) is 33.4 Å². The highest BCUT2D eigenvalue weighted by atomic mass is 31.2. The molecule has 1 aliphatic rings. The van der Waals surface area contributed by atoms with Crippen LogP contribution in [0.25, 0.3) is 11.2 Å². The third-order valence-electron chi connectivity index (χ3n) is 5.79. The molecule has 0 spiro atoms. The number of nitrogens with one attached hydrogen (secondary N) is 1. The van der Waals surface area contributed by atoms with E-state index in [2.05, 4.69) is 20.0 Å². The minimum Gasteiger partial charge on any atom is -0.479 e. The van der Waals surface area contributed by atoms with Crippen molar-refractivity contribution in [1.29, 1.82) is 0 Å². The number of fused-ring (bicyclic) bond motifs is 1. The van der Waals surface area contributed by atoms with Crippen molar-refractivity contribution in [2.45, 2.75) is 45.6 Å². The van der Waals surface area contributed by atoms with Crippen LogP contribution in [0.3, 0.4) is 0 Å². The van der Waals surface area contributed by atoms with Crippen LogP contribution in [-0.4, -0.2) is 58.0 Å². The predicted octanol–water partition coefficient (Wildman–Crippen LogP) is 3.22. The Morgan fingerprint density at radius 2 is 2.08 bits per heavy atom. The van der Waals surface area contributed by atoms with Crippen molar-refractivity contribution in [2.75, 3.05) is 26.1 Å². The highest BCUT2D eigenvalue weighted by Gasteiger charge is 2.38. The molecule has 0 aliphatic carbocycles. The molecule has 3 heterocycles. The van der Waals surface area contributed by atoms with E-state index in [-0.39, 0.29) is 36.7 Å². The zero-order valence-corrected chi connectivity index (χ0v) is 22.3. The lowest BCUT2D eigenvalue weighted by atomic mass is 10.1. The van der Waals surface area contributed by atoms with Crippen molar-refractivity contribution in [3.63, 3.8) is 0 Å². The van der Waals surface area contributed by atoms with Crippen LogP contribution in [0.2, 0.25) is 0 Å². The van der Waals surface area contributed by atoms with Crippen LogP contribution in [0.4, 0.5) is 10.3 Å². The minimum absolute atomic E-state index is 0.00741. The van der Waals surface area contributed by atoms with Gasteiger partial charge in [-0.2, -0.15) is 15.1 Å². The van der Waals surface area contributed by atoms with E-state index in [1.807, 2.05) is 6.92 Å². The molecule has 206 valence electrons. The SMILES string of the molecule is CCOC(=O)[C@H](C)NP(=O)(OC[C@@H]1C[C@H](C)[C@H](n2cnc3c(OC)nc(N)nc32)O1)Oc1ccc(F)cc1. The van der Waals surface area contributed by atoms with Crippen LogP contribution < -0.4 is 20.1 Å². The Morgan fingerprint density at radius 1 is 1.34 bits per heavy atom. The second-order valence-electron chi connectivity index (χ2n) is 8.72. The number of hydrogen-bond acceptors (Lipinski definition) is 11. The summed E-state index contributed by atoms with van der Waals surface area (Å²) < 4.78 is 56.4. The highest BCUT2D eigenvalue weighted by molar-refractivity contribution is 7.52. The third kappa shape index (κ3) is 6.21. The Morgan fingerprint density at radius 3 is 2.76 bits per heavy atom. The van der Waals surface area contributed by atoms with Crippen molar-refractivity contribution in [2.24, 2.45) is 5.92 Å². The quantitative estimate of drug-likeness (QED) is 0.264. The maximum absolute atomic E-state index is 13.6. The molecular formula is C23H30FN6O7P. The summed E-state index contributed by atoms with van der Waals surface area (Å²) in [4.78, 5) is 24.8. The average molecular weight is 553 g/mol. The number of esters is 1. The molecule has 13 nitrogen and oxygen atoms in total. The Balaban J connectivity index is 1.49. The predicted molar refractivity (Wildman–Crippen MR) is 134 cm³/mol. The number of carbonyl (C=O) groups excluding carboxylic acids is 1. The van der Waals surface area contributed by atoms with Gasteiger partial charge in [-0.1, -0.05) is 6.92 Å². The van der Waals surface area contributed by atoms with E-state index in [1.54, 1.807) is 17.8 Å². The number of imidazole rings is 1. The molecule has 15 heteroatoms. The number of methoxy groups -OCH3 is 1. The van der Waals surface area contributed by atoms with Crippen LogP contribution in [0, 0.1) is 11.7 Å². The van der Waals surface area contributed by atoms with Crippen molar-refractivity contribution in [3.05, 3.63) is 36.4 Å². The van der Waals surface area contributed by atoms with Gasteiger partial charge in [-0.15, -0.1) is 0 Å². The molecule has 1 saturated heterocycles. The van der Waals surface area contributed by atoms with Gasteiger partial charge in [0.25, 0.3) is 0 Å². The van der Waals surface area contributed by atoms with E-state index in [9.17, 15) is 13.8 Å². The van der Waals surface area contributed by atoms with Gasteiger partial charge < -0.3 is 24.5 Å². The van der Waals surface area contributed by atoms with Crippen molar-refractivity contribution in [1.82, 2.24) is 24.6 Å². The number of rotatable bonds is 11. The number of hydrogen-bond donors (Lipinski definition) is 2. The molecule has 1 fully saturated rings. The van der Waals surface area contributed by atoms with Crippen molar-refractivity contribution < 1.29 is 37.0 Å². The van der Waals surface area contributed by atoms with Gasteiger partial charge in [0.05, 0.1) is 32.8 Å². The second-order valence-corrected chi connectivity index (χ2v) is 10.4. The summed E-state index contributed by atoms with van der Waals surface area (Å²) in [6, 6.07) is 3.91. The van der Waals surface area contributed by atoms with Gasteiger partial charge in [0.15, 0.2) is 11.2 Å². The molecular weight excluding hydrogens is 522 g/mol. The summed E-state index contributed by atoms with van der Waals surface area (Å²) in [6.07, 6.45) is 1.15. The first-order valence-electron chi connectivity index (χ1n) is 12.0. The first kappa shape index (κ1) is 27.7. The molecule has 5 atom stereocenters. The lowest BCUT2D eigenvalue weighted by Gasteiger charge is -2.24. The summed E-state index contributed by atoms with van der Waals surface area (Å²) in [5.74, 6) is -0.759. The van der Waals surface area contributed by atoms with E-state index in [0.717, 1.165) is 12.1 Å². The fourth-order valence-electron chi connectivity index (χ4n) is 4.06. The Labute approximate surface area is 218 Å². The number of nitrogen functional groups attached to an aromatic ring is 1. The molecule has 0 bridgehead atoms. The number of nitrogens with two attached hydrogens (primary N) is 1. The second kappa shape index (κ2) is 11.6. The number of benzene rings is 1. The molecule has 0 radical (unpaired) electrons. The summed E-state index contributed by atoms with van der Waals surface area (Å²) in [7, 11) is -2.66. The van der Waals surface area contributed by atoms with Crippen molar-refractivity contribution in [3.8, 4) is 11.6 Å². The zero-order valence-electron chi connectivity index (χ0n) is 21.4. The van der Waals surface area contributed by atoms with Gasteiger partial charge in [-0.25, -0.2) is 13.9 Å². The first-order valence-corrected chi connectivity index (χ1v) is 13.5. The number of anilines is 1. The topological polar surface area (TPSA) is 162 Å². The van der Waals surface area contributed by atoms with Crippen LogP contribution in [0.15, 0.2) is 30.6 Å². The molecule has 0 amide bonds.